The van der Waals surface area contributed by atoms with Crippen LogP contribution in [0.3, 0.4) is 0 Å². The highest BCUT2D eigenvalue weighted by atomic mass is 16.1. The van der Waals surface area contributed by atoms with Gasteiger partial charge in [-0.15, -0.1) is 0 Å². The molecule has 0 bridgehead atoms. The zero-order chi connectivity index (χ0) is 13.0. The molecule has 0 aromatic heterocycles. The van der Waals surface area contributed by atoms with Crippen LogP contribution in [0.4, 0.5) is 0 Å². The standard InChI is InChI=1S/C17H28O/c1-12-6-7-15-16(2,11-12)10-8-13-14(18)5-4-9-17(13,15)3/h12-13,15H,4-11H2,1-3H3/t12-,13-,15-,16-,17-/m0/s1. The van der Waals surface area contributed by atoms with Gasteiger partial charge in [-0.1, -0.05) is 27.2 Å². The number of hydrogen-bond donors (Lipinski definition) is 0. The lowest BCUT2D eigenvalue weighted by molar-refractivity contribution is -0.150. The lowest BCUT2D eigenvalue weighted by Crippen LogP contribution is -2.54. The minimum atomic E-state index is 0.336. The predicted octanol–water partition coefficient (Wildman–Crippen LogP) is 4.60. The van der Waals surface area contributed by atoms with Gasteiger partial charge in [-0.05, 0) is 61.2 Å². The molecule has 0 aromatic carbocycles. The van der Waals surface area contributed by atoms with Gasteiger partial charge in [0.25, 0.3) is 0 Å². The Kier molecular flexibility index (Phi) is 2.88. The average Bonchev–Trinajstić information content (AvgIpc) is 2.27. The van der Waals surface area contributed by atoms with E-state index in [9.17, 15) is 4.79 Å². The third kappa shape index (κ3) is 1.69. The number of ketones is 1. The number of Topliss-reactive ketones (excluding diaryl/α,β-unsaturated/α-hetero) is 1. The van der Waals surface area contributed by atoms with Crippen molar-refractivity contribution in [2.75, 3.05) is 0 Å². The van der Waals surface area contributed by atoms with Crippen LogP contribution in [-0.2, 0) is 4.79 Å². The Labute approximate surface area is 112 Å². The largest absolute Gasteiger partial charge is 0.299 e. The minimum Gasteiger partial charge on any atom is -0.299 e. The number of carbonyl (C=O) groups is 1. The topological polar surface area (TPSA) is 17.1 Å². The zero-order valence-electron chi connectivity index (χ0n) is 12.3. The van der Waals surface area contributed by atoms with E-state index >= 15 is 0 Å². The van der Waals surface area contributed by atoms with Gasteiger partial charge in [-0.2, -0.15) is 0 Å². The van der Waals surface area contributed by atoms with Crippen LogP contribution in [0.5, 0.6) is 0 Å². The summed E-state index contributed by atoms with van der Waals surface area (Å²) in [7, 11) is 0. The molecular formula is C17H28O. The third-order valence-electron chi connectivity index (χ3n) is 6.73. The molecule has 3 aliphatic carbocycles. The summed E-state index contributed by atoms with van der Waals surface area (Å²) >= 11 is 0. The molecule has 0 N–H and O–H groups in total. The molecule has 0 aliphatic heterocycles. The SMILES string of the molecule is C[C@H]1CC[C@H]2[C@@](C)(CC[C@H]3C(=O)CCC[C@@]32C)C1. The van der Waals surface area contributed by atoms with Crippen molar-refractivity contribution in [2.24, 2.45) is 28.6 Å². The molecule has 0 heterocycles. The van der Waals surface area contributed by atoms with Crippen molar-refractivity contribution in [3.8, 4) is 0 Å². The Morgan fingerprint density at radius 1 is 1.11 bits per heavy atom. The number of rotatable bonds is 0. The molecule has 3 fully saturated rings. The van der Waals surface area contributed by atoms with Crippen LogP contribution in [-0.4, -0.2) is 5.78 Å². The number of hydrogen-bond acceptors (Lipinski definition) is 1. The fraction of sp³-hybridized carbons (Fsp3) is 0.941. The third-order valence-corrected chi connectivity index (χ3v) is 6.73. The zero-order valence-corrected chi connectivity index (χ0v) is 12.3. The van der Waals surface area contributed by atoms with Crippen molar-refractivity contribution >= 4 is 5.78 Å². The van der Waals surface area contributed by atoms with Gasteiger partial charge in [0.1, 0.15) is 5.78 Å². The summed E-state index contributed by atoms with van der Waals surface area (Å²) in [6.45, 7) is 7.39. The normalized spacial score (nSPS) is 52.6. The number of carbonyl (C=O) groups excluding carboxylic acids is 1. The summed E-state index contributed by atoms with van der Waals surface area (Å²) in [5.41, 5.74) is 0.864. The summed E-state index contributed by atoms with van der Waals surface area (Å²) in [5, 5.41) is 0. The average molecular weight is 248 g/mol. The first-order chi connectivity index (χ1) is 8.46. The van der Waals surface area contributed by atoms with E-state index in [-0.39, 0.29) is 0 Å². The summed E-state index contributed by atoms with van der Waals surface area (Å²) < 4.78 is 0. The van der Waals surface area contributed by atoms with Crippen LogP contribution < -0.4 is 0 Å². The van der Waals surface area contributed by atoms with Gasteiger partial charge in [0.05, 0.1) is 0 Å². The Morgan fingerprint density at radius 2 is 1.89 bits per heavy atom. The van der Waals surface area contributed by atoms with Crippen LogP contribution in [0.25, 0.3) is 0 Å². The van der Waals surface area contributed by atoms with E-state index in [1.54, 1.807) is 0 Å². The second kappa shape index (κ2) is 4.08. The first-order valence-electron chi connectivity index (χ1n) is 7.98. The molecule has 0 aromatic rings. The molecule has 0 radical (unpaired) electrons. The Bertz CT molecular complexity index is 361. The molecule has 1 nitrogen and oxygen atoms in total. The molecule has 0 saturated heterocycles. The van der Waals surface area contributed by atoms with Gasteiger partial charge in [0, 0.05) is 12.3 Å². The second-order valence-electron chi connectivity index (χ2n) is 8.01. The van der Waals surface area contributed by atoms with Crippen molar-refractivity contribution in [3.63, 3.8) is 0 Å². The van der Waals surface area contributed by atoms with Gasteiger partial charge >= 0.3 is 0 Å². The first kappa shape index (κ1) is 12.7. The molecule has 0 amide bonds. The van der Waals surface area contributed by atoms with E-state index in [1.165, 1.54) is 38.5 Å². The van der Waals surface area contributed by atoms with Crippen molar-refractivity contribution in [1.29, 1.82) is 0 Å². The first-order valence-corrected chi connectivity index (χ1v) is 7.98. The van der Waals surface area contributed by atoms with Crippen LogP contribution in [0, 0.1) is 28.6 Å². The fourth-order valence-electron chi connectivity index (χ4n) is 5.98. The maximum atomic E-state index is 12.3. The van der Waals surface area contributed by atoms with Crippen LogP contribution in [0.2, 0.25) is 0 Å². The van der Waals surface area contributed by atoms with E-state index < -0.39 is 0 Å². The van der Waals surface area contributed by atoms with Gasteiger partial charge in [0.15, 0.2) is 0 Å². The van der Waals surface area contributed by atoms with Gasteiger partial charge in [-0.3, -0.25) is 4.79 Å². The summed E-state index contributed by atoms with van der Waals surface area (Å²) in [6.07, 6.45) is 9.94. The molecule has 0 spiro atoms. The molecule has 0 unspecified atom stereocenters. The molecule has 1 heteroatoms. The smallest absolute Gasteiger partial charge is 0.136 e. The van der Waals surface area contributed by atoms with Crippen molar-refractivity contribution in [1.82, 2.24) is 0 Å². The maximum Gasteiger partial charge on any atom is 0.136 e. The molecule has 3 rings (SSSR count). The van der Waals surface area contributed by atoms with Crippen molar-refractivity contribution < 1.29 is 4.79 Å². The van der Waals surface area contributed by atoms with Gasteiger partial charge in [0.2, 0.25) is 0 Å². The predicted molar refractivity (Wildman–Crippen MR) is 74.3 cm³/mol. The highest BCUT2D eigenvalue weighted by Crippen LogP contribution is 2.63. The summed E-state index contributed by atoms with van der Waals surface area (Å²) in [5.74, 6) is 2.69. The van der Waals surface area contributed by atoms with E-state index in [0.29, 0.717) is 22.5 Å². The molecular weight excluding hydrogens is 220 g/mol. The molecule has 3 aliphatic rings. The van der Waals surface area contributed by atoms with Crippen molar-refractivity contribution in [3.05, 3.63) is 0 Å². The Morgan fingerprint density at radius 3 is 2.67 bits per heavy atom. The quantitative estimate of drug-likeness (QED) is 0.612. The summed E-state index contributed by atoms with van der Waals surface area (Å²) in [4.78, 5) is 12.3. The molecule has 102 valence electrons. The monoisotopic (exact) mass is 248 g/mol. The van der Waals surface area contributed by atoms with Crippen LogP contribution in [0.1, 0.15) is 72.1 Å². The maximum absolute atomic E-state index is 12.3. The van der Waals surface area contributed by atoms with E-state index in [0.717, 1.165) is 24.7 Å². The lowest BCUT2D eigenvalue weighted by Gasteiger charge is -2.60. The number of fused-ring (bicyclic) bond motifs is 3. The Hall–Kier alpha value is -0.330. The minimum absolute atomic E-state index is 0.336. The second-order valence-corrected chi connectivity index (χ2v) is 8.01. The lowest BCUT2D eigenvalue weighted by atomic mass is 9.44. The molecule has 18 heavy (non-hydrogen) atoms. The van der Waals surface area contributed by atoms with E-state index in [2.05, 4.69) is 20.8 Å². The summed E-state index contributed by atoms with van der Waals surface area (Å²) in [6, 6.07) is 0. The highest BCUT2D eigenvalue weighted by molar-refractivity contribution is 5.82. The van der Waals surface area contributed by atoms with Crippen LogP contribution in [0.15, 0.2) is 0 Å². The van der Waals surface area contributed by atoms with Crippen molar-refractivity contribution in [2.45, 2.75) is 72.1 Å². The molecule has 5 atom stereocenters. The van der Waals surface area contributed by atoms with E-state index in [1.807, 2.05) is 0 Å². The van der Waals surface area contributed by atoms with Gasteiger partial charge in [-0.25, -0.2) is 0 Å². The highest BCUT2D eigenvalue weighted by Gasteiger charge is 2.57. The van der Waals surface area contributed by atoms with E-state index in [4.69, 9.17) is 0 Å². The van der Waals surface area contributed by atoms with Crippen LogP contribution >= 0.6 is 0 Å². The fourth-order valence-corrected chi connectivity index (χ4v) is 5.98. The molecule has 3 saturated carbocycles. The Balaban J connectivity index is 1.93. The van der Waals surface area contributed by atoms with Gasteiger partial charge < -0.3 is 0 Å².